The molecular formula is C45H33NS. The maximum atomic E-state index is 2.42. The summed E-state index contributed by atoms with van der Waals surface area (Å²) in [7, 11) is 0. The van der Waals surface area contributed by atoms with Gasteiger partial charge < -0.3 is 4.90 Å². The second kappa shape index (κ2) is 10.8. The Morgan fingerprint density at radius 2 is 1.04 bits per heavy atom. The van der Waals surface area contributed by atoms with Gasteiger partial charge >= 0.3 is 0 Å². The Labute approximate surface area is 280 Å². The van der Waals surface area contributed by atoms with Gasteiger partial charge in [-0.3, -0.25) is 0 Å². The Morgan fingerprint density at radius 1 is 0.426 bits per heavy atom. The van der Waals surface area contributed by atoms with E-state index in [9.17, 15) is 0 Å². The van der Waals surface area contributed by atoms with Crippen molar-refractivity contribution in [1.29, 1.82) is 0 Å². The second-order valence-corrected chi connectivity index (χ2v) is 14.0. The van der Waals surface area contributed by atoms with Gasteiger partial charge in [0, 0.05) is 42.6 Å². The lowest BCUT2D eigenvalue weighted by molar-refractivity contribution is 0.660. The lowest BCUT2D eigenvalue weighted by Gasteiger charge is -2.28. The highest BCUT2D eigenvalue weighted by Gasteiger charge is 2.35. The highest BCUT2D eigenvalue weighted by Crippen LogP contribution is 2.51. The molecule has 0 aliphatic heterocycles. The van der Waals surface area contributed by atoms with Crippen LogP contribution in [0, 0.1) is 0 Å². The number of nitrogens with zero attached hydrogens (tertiary/aromatic N) is 1. The maximum absolute atomic E-state index is 2.42. The van der Waals surface area contributed by atoms with Crippen molar-refractivity contribution in [3.63, 3.8) is 0 Å². The molecule has 0 unspecified atom stereocenters. The molecule has 0 amide bonds. The molecule has 1 aliphatic rings. The first-order valence-electron chi connectivity index (χ1n) is 16.3. The normalized spacial score (nSPS) is 13.1. The minimum Gasteiger partial charge on any atom is -0.310 e. The fraction of sp³-hybridized carbons (Fsp3) is 0.0667. The van der Waals surface area contributed by atoms with Gasteiger partial charge in [0.2, 0.25) is 0 Å². The van der Waals surface area contributed by atoms with Crippen LogP contribution in [0.2, 0.25) is 0 Å². The van der Waals surface area contributed by atoms with Gasteiger partial charge in [0.1, 0.15) is 0 Å². The summed E-state index contributed by atoms with van der Waals surface area (Å²) >= 11 is 1.88. The summed E-state index contributed by atoms with van der Waals surface area (Å²) in [5, 5.41) is 2.65. The first kappa shape index (κ1) is 27.8. The van der Waals surface area contributed by atoms with Gasteiger partial charge in [0.25, 0.3) is 0 Å². The van der Waals surface area contributed by atoms with Crippen molar-refractivity contribution in [2.24, 2.45) is 0 Å². The quantitative estimate of drug-likeness (QED) is 0.185. The van der Waals surface area contributed by atoms with E-state index in [1.54, 1.807) is 0 Å². The number of benzene rings is 7. The van der Waals surface area contributed by atoms with Crippen LogP contribution in [0.1, 0.15) is 25.0 Å². The average Bonchev–Trinajstić information content (AvgIpc) is 3.61. The highest BCUT2D eigenvalue weighted by molar-refractivity contribution is 7.26. The van der Waals surface area contributed by atoms with Gasteiger partial charge in [-0.2, -0.15) is 0 Å². The maximum Gasteiger partial charge on any atom is 0.0467 e. The van der Waals surface area contributed by atoms with Crippen molar-refractivity contribution < 1.29 is 0 Å². The fourth-order valence-corrected chi connectivity index (χ4v) is 8.74. The number of anilines is 3. The summed E-state index contributed by atoms with van der Waals surface area (Å²) in [6, 6.07) is 60.0. The van der Waals surface area contributed by atoms with E-state index in [1.165, 1.54) is 64.7 Å². The van der Waals surface area contributed by atoms with Crippen LogP contribution in [-0.4, -0.2) is 0 Å². The number of hydrogen-bond acceptors (Lipinski definition) is 2. The van der Waals surface area contributed by atoms with Gasteiger partial charge in [-0.05, 0) is 87.0 Å². The molecular weight excluding hydrogens is 587 g/mol. The van der Waals surface area contributed by atoms with Gasteiger partial charge in [0.05, 0.1) is 0 Å². The van der Waals surface area contributed by atoms with Crippen LogP contribution in [-0.2, 0) is 5.41 Å². The van der Waals surface area contributed by atoms with Crippen molar-refractivity contribution in [3.05, 3.63) is 175 Å². The molecule has 1 heterocycles. The summed E-state index contributed by atoms with van der Waals surface area (Å²) in [5.41, 5.74) is 13.7. The van der Waals surface area contributed by atoms with Crippen molar-refractivity contribution in [2.75, 3.05) is 4.90 Å². The van der Waals surface area contributed by atoms with Crippen LogP contribution in [0.15, 0.2) is 164 Å². The molecule has 1 aliphatic carbocycles. The predicted molar refractivity (Wildman–Crippen MR) is 202 cm³/mol. The molecule has 1 nitrogen and oxygen atoms in total. The van der Waals surface area contributed by atoms with Crippen molar-refractivity contribution in [1.82, 2.24) is 0 Å². The van der Waals surface area contributed by atoms with E-state index in [-0.39, 0.29) is 5.41 Å². The average molecular weight is 620 g/mol. The third-order valence-electron chi connectivity index (χ3n) is 9.88. The lowest BCUT2D eigenvalue weighted by Crippen LogP contribution is -2.16. The zero-order valence-corrected chi connectivity index (χ0v) is 27.3. The molecule has 0 fully saturated rings. The summed E-state index contributed by atoms with van der Waals surface area (Å²) in [5.74, 6) is 0. The molecule has 47 heavy (non-hydrogen) atoms. The third kappa shape index (κ3) is 4.52. The Bertz CT molecular complexity index is 2430. The van der Waals surface area contributed by atoms with E-state index >= 15 is 0 Å². The van der Waals surface area contributed by atoms with E-state index in [1.807, 2.05) is 11.3 Å². The largest absolute Gasteiger partial charge is 0.310 e. The van der Waals surface area contributed by atoms with Crippen LogP contribution in [0.4, 0.5) is 17.1 Å². The molecule has 7 aromatic carbocycles. The van der Waals surface area contributed by atoms with Gasteiger partial charge in [-0.25, -0.2) is 0 Å². The van der Waals surface area contributed by atoms with E-state index in [2.05, 4.69) is 183 Å². The molecule has 1 aromatic heterocycles. The Balaban J connectivity index is 1.21. The van der Waals surface area contributed by atoms with Gasteiger partial charge in [-0.1, -0.05) is 135 Å². The molecule has 0 saturated carbocycles. The summed E-state index contributed by atoms with van der Waals surface area (Å²) in [6.45, 7) is 4.71. The number of rotatable bonds is 5. The van der Waals surface area contributed by atoms with Crippen molar-refractivity contribution in [3.8, 4) is 33.4 Å². The van der Waals surface area contributed by atoms with Gasteiger partial charge in [0.15, 0.2) is 0 Å². The van der Waals surface area contributed by atoms with Crippen LogP contribution < -0.4 is 4.90 Å². The second-order valence-electron chi connectivity index (χ2n) is 13.0. The smallest absolute Gasteiger partial charge is 0.0467 e. The van der Waals surface area contributed by atoms with Gasteiger partial charge in [-0.15, -0.1) is 11.3 Å². The van der Waals surface area contributed by atoms with Crippen molar-refractivity contribution in [2.45, 2.75) is 19.3 Å². The standard InChI is InChI=1S/C45H33NS/c1-45(2)41-20-8-6-16-37(41)38-27-26-35(29-42(38)45)46(33-24-22-31(23-25-33)30-12-4-3-5-13-30)34-15-10-14-32(28-34)36-18-11-19-40-39-17-7-9-21-43(39)47-44(36)40/h3-29H,1-2H3. The number of hydrogen-bond donors (Lipinski definition) is 0. The third-order valence-corrected chi connectivity index (χ3v) is 11.1. The molecule has 8 aromatic rings. The number of fused-ring (bicyclic) bond motifs is 6. The lowest BCUT2D eigenvalue weighted by atomic mass is 9.82. The van der Waals surface area contributed by atoms with E-state index in [0.29, 0.717) is 0 Å². The molecule has 0 atom stereocenters. The van der Waals surface area contributed by atoms with E-state index in [0.717, 1.165) is 17.1 Å². The molecule has 0 radical (unpaired) electrons. The Morgan fingerprint density at radius 3 is 1.91 bits per heavy atom. The Hall–Kier alpha value is -5.44. The molecule has 224 valence electrons. The summed E-state index contributed by atoms with van der Waals surface area (Å²) < 4.78 is 2.66. The minimum absolute atomic E-state index is 0.0799. The van der Waals surface area contributed by atoms with Crippen LogP contribution in [0.3, 0.4) is 0 Å². The zero-order chi connectivity index (χ0) is 31.5. The van der Waals surface area contributed by atoms with Crippen molar-refractivity contribution >= 4 is 48.6 Å². The SMILES string of the molecule is CC1(C)c2ccccc2-c2ccc(N(c3ccc(-c4ccccc4)cc3)c3cccc(-c4cccc5c4sc4ccccc45)c3)cc21. The topological polar surface area (TPSA) is 3.24 Å². The van der Waals surface area contributed by atoms with Crippen LogP contribution in [0.5, 0.6) is 0 Å². The van der Waals surface area contributed by atoms with Crippen LogP contribution in [0.25, 0.3) is 53.6 Å². The molecule has 0 saturated heterocycles. The van der Waals surface area contributed by atoms with E-state index < -0.39 is 0 Å². The molecule has 0 bridgehead atoms. The summed E-state index contributed by atoms with van der Waals surface area (Å²) in [4.78, 5) is 2.42. The molecule has 0 N–H and O–H groups in total. The Kier molecular flexibility index (Phi) is 6.41. The minimum atomic E-state index is -0.0799. The molecule has 0 spiro atoms. The predicted octanol–water partition coefficient (Wildman–Crippen LogP) is 13.2. The van der Waals surface area contributed by atoms with E-state index in [4.69, 9.17) is 0 Å². The zero-order valence-electron chi connectivity index (χ0n) is 26.4. The van der Waals surface area contributed by atoms with Crippen LogP contribution >= 0.6 is 11.3 Å². The molecule has 9 rings (SSSR count). The number of thiophene rings is 1. The monoisotopic (exact) mass is 619 g/mol. The highest BCUT2D eigenvalue weighted by atomic mass is 32.1. The first-order valence-corrected chi connectivity index (χ1v) is 17.1. The molecule has 2 heteroatoms. The first-order chi connectivity index (χ1) is 23.1. The summed E-state index contributed by atoms with van der Waals surface area (Å²) in [6.07, 6.45) is 0. The fourth-order valence-electron chi connectivity index (χ4n) is 7.50.